The van der Waals surface area contributed by atoms with E-state index in [0.717, 1.165) is 25.7 Å². The second kappa shape index (κ2) is 7.02. The molecular formula is C21H23N3O3. The lowest BCUT2D eigenvalue weighted by molar-refractivity contribution is -0.384. The van der Waals surface area contributed by atoms with E-state index in [1.165, 1.54) is 11.1 Å². The van der Waals surface area contributed by atoms with Gasteiger partial charge in [-0.05, 0) is 56.2 Å². The maximum atomic E-state index is 11.3. The minimum absolute atomic E-state index is 0.0689. The standard InChI is InChI=1S/C21H23N3O3/c1-15-8-12-22-20(19(15)24(25)26)23-14-16-6-10-21(11-7-16)18-5-3-2-4-17(18)9-13-27-21/h2-5,8-9,12-13,16H,6-7,10-11,14H2,1H3,(H,22,23). The number of rotatable bonds is 4. The molecule has 27 heavy (non-hydrogen) atoms. The third-order valence-electron chi connectivity index (χ3n) is 5.77. The van der Waals surface area contributed by atoms with Crippen molar-refractivity contribution in [2.24, 2.45) is 5.92 Å². The Morgan fingerprint density at radius 1 is 1.30 bits per heavy atom. The van der Waals surface area contributed by atoms with E-state index in [0.29, 0.717) is 23.8 Å². The first-order valence-corrected chi connectivity index (χ1v) is 9.37. The van der Waals surface area contributed by atoms with E-state index in [1.807, 2.05) is 12.3 Å². The molecule has 2 heterocycles. The number of benzene rings is 1. The van der Waals surface area contributed by atoms with Crippen LogP contribution in [0.2, 0.25) is 0 Å². The van der Waals surface area contributed by atoms with Crippen LogP contribution in [0.25, 0.3) is 6.08 Å². The first-order valence-electron chi connectivity index (χ1n) is 9.37. The number of pyridine rings is 1. The summed E-state index contributed by atoms with van der Waals surface area (Å²) >= 11 is 0. The molecule has 0 bridgehead atoms. The molecule has 6 heteroatoms. The van der Waals surface area contributed by atoms with E-state index in [2.05, 4.69) is 34.6 Å². The third-order valence-corrected chi connectivity index (χ3v) is 5.77. The van der Waals surface area contributed by atoms with Gasteiger partial charge in [0.1, 0.15) is 5.60 Å². The summed E-state index contributed by atoms with van der Waals surface area (Å²) in [6, 6.07) is 10.1. The molecule has 2 aliphatic rings. The minimum atomic E-state index is -0.361. The normalized spacial score (nSPS) is 23.5. The summed E-state index contributed by atoms with van der Waals surface area (Å²) in [6.07, 6.45) is 9.37. The van der Waals surface area contributed by atoms with Crippen LogP contribution in [0.5, 0.6) is 0 Å². The maximum absolute atomic E-state index is 11.3. The Morgan fingerprint density at radius 2 is 2.07 bits per heavy atom. The monoisotopic (exact) mass is 365 g/mol. The van der Waals surface area contributed by atoms with Gasteiger partial charge in [0.2, 0.25) is 5.82 Å². The van der Waals surface area contributed by atoms with Crippen LogP contribution in [0.1, 0.15) is 42.4 Å². The number of ether oxygens (including phenoxy) is 1. The molecule has 1 aliphatic carbocycles. The number of nitrogens with zero attached hydrogens (tertiary/aromatic N) is 2. The molecule has 6 nitrogen and oxygen atoms in total. The van der Waals surface area contributed by atoms with Crippen LogP contribution >= 0.6 is 0 Å². The molecule has 1 aromatic heterocycles. The molecule has 1 spiro atoms. The Bertz CT molecular complexity index is 886. The summed E-state index contributed by atoms with van der Waals surface area (Å²) in [5.74, 6) is 0.807. The first-order chi connectivity index (χ1) is 13.1. The van der Waals surface area contributed by atoms with Crippen molar-refractivity contribution in [2.75, 3.05) is 11.9 Å². The Kier molecular flexibility index (Phi) is 4.56. The molecule has 1 saturated carbocycles. The highest BCUT2D eigenvalue weighted by Gasteiger charge is 2.40. The lowest BCUT2D eigenvalue weighted by atomic mass is 9.73. The van der Waals surface area contributed by atoms with E-state index in [-0.39, 0.29) is 16.2 Å². The molecule has 0 saturated heterocycles. The lowest BCUT2D eigenvalue weighted by Gasteiger charge is -2.42. The topological polar surface area (TPSA) is 77.3 Å². The molecular weight excluding hydrogens is 342 g/mol. The van der Waals surface area contributed by atoms with Crippen molar-refractivity contribution < 1.29 is 9.66 Å². The zero-order chi connectivity index (χ0) is 18.9. The second-order valence-corrected chi connectivity index (χ2v) is 7.41. The van der Waals surface area contributed by atoms with Crippen LogP contribution < -0.4 is 5.32 Å². The largest absolute Gasteiger partial charge is 0.490 e. The molecule has 0 atom stereocenters. The second-order valence-electron chi connectivity index (χ2n) is 7.41. The SMILES string of the molecule is Cc1ccnc(NCC2CCC3(CC2)OC=Cc2ccccc23)c1[N+](=O)[O-]. The van der Waals surface area contributed by atoms with Gasteiger partial charge < -0.3 is 10.1 Å². The highest BCUT2D eigenvalue weighted by Crippen LogP contribution is 2.46. The smallest absolute Gasteiger partial charge is 0.314 e. The van der Waals surface area contributed by atoms with Crippen molar-refractivity contribution in [2.45, 2.75) is 38.2 Å². The quantitative estimate of drug-likeness (QED) is 0.622. The molecule has 0 amide bonds. The predicted octanol–water partition coefficient (Wildman–Crippen LogP) is 4.80. The van der Waals surface area contributed by atoms with Crippen LogP contribution in [0.4, 0.5) is 11.5 Å². The molecule has 4 rings (SSSR count). The number of hydrogen-bond donors (Lipinski definition) is 1. The van der Waals surface area contributed by atoms with E-state index in [4.69, 9.17) is 4.74 Å². The summed E-state index contributed by atoms with van der Waals surface area (Å²) in [4.78, 5) is 15.1. The zero-order valence-electron chi connectivity index (χ0n) is 15.4. The fraction of sp³-hybridized carbons (Fsp3) is 0.381. The number of nitrogens with one attached hydrogen (secondary N) is 1. The summed E-state index contributed by atoms with van der Waals surface area (Å²) in [5.41, 5.74) is 2.98. The number of hydrogen-bond acceptors (Lipinski definition) is 5. The van der Waals surface area contributed by atoms with Crippen molar-refractivity contribution in [3.05, 3.63) is 69.6 Å². The average Bonchev–Trinajstić information content (AvgIpc) is 2.68. The van der Waals surface area contributed by atoms with E-state index in [1.54, 1.807) is 19.2 Å². The van der Waals surface area contributed by atoms with E-state index < -0.39 is 0 Å². The predicted molar refractivity (Wildman–Crippen MR) is 104 cm³/mol. The third kappa shape index (κ3) is 3.27. The fourth-order valence-corrected chi connectivity index (χ4v) is 4.24. The van der Waals surface area contributed by atoms with Gasteiger partial charge in [0.25, 0.3) is 0 Å². The summed E-state index contributed by atoms with van der Waals surface area (Å²) < 4.78 is 6.11. The number of anilines is 1. The van der Waals surface area contributed by atoms with Crippen LogP contribution in [-0.2, 0) is 10.3 Å². The molecule has 1 aromatic carbocycles. The zero-order valence-corrected chi connectivity index (χ0v) is 15.4. The molecule has 1 fully saturated rings. The molecule has 1 aliphatic heterocycles. The Hall–Kier alpha value is -2.89. The Balaban J connectivity index is 1.42. The van der Waals surface area contributed by atoms with Gasteiger partial charge in [-0.3, -0.25) is 10.1 Å². The van der Waals surface area contributed by atoms with Gasteiger partial charge in [-0.15, -0.1) is 0 Å². The molecule has 0 radical (unpaired) electrons. The van der Waals surface area contributed by atoms with Gasteiger partial charge in [0.05, 0.1) is 11.2 Å². The molecule has 1 N–H and O–H groups in total. The number of fused-ring (bicyclic) bond motifs is 2. The molecule has 2 aromatic rings. The van der Waals surface area contributed by atoms with Crippen molar-refractivity contribution in [3.8, 4) is 0 Å². The van der Waals surface area contributed by atoms with Crippen molar-refractivity contribution >= 4 is 17.6 Å². The highest BCUT2D eigenvalue weighted by molar-refractivity contribution is 5.60. The van der Waals surface area contributed by atoms with Gasteiger partial charge in [-0.25, -0.2) is 4.98 Å². The number of aryl methyl sites for hydroxylation is 1. The van der Waals surface area contributed by atoms with Gasteiger partial charge in [0, 0.05) is 23.9 Å². The molecule has 140 valence electrons. The van der Waals surface area contributed by atoms with Gasteiger partial charge >= 0.3 is 5.69 Å². The highest BCUT2D eigenvalue weighted by atomic mass is 16.6. The molecule has 0 unspecified atom stereocenters. The summed E-state index contributed by atoms with van der Waals surface area (Å²) in [5, 5.41) is 14.5. The minimum Gasteiger partial charge on any atom is -0.490 e. The maximum Gasteiger partial charge on any atom is 0.314 e. The Morgan fingerprint density at radius 3 is 2.85 bits per heavy atom. The van der Waals surface area contributed by atoms with E-state index >= 15 is 0 Å². The number of aromatic nitrogens is 1. The van der Waals surface area contributed by atoms with Crippen LogP contribution in [0, 0.1) is 23.0 Å². The van der Waals surface area contributed by atoms with Crippen LogP contribution in [-0.4, -0.2) is 16.5 Å². The van der Waals surface area contributed by atoms with Gasteiger partial charge in [-0.2, -0.15) is 0 Å². The fourth-order valence-electron chi connectivity index (χ4n) is 4.24. The van der Waals surface area contributed by atoms with Crippen molar-refractivity contribution in [3.63, 3.8) is 0 Å². The van der Waals surface area contributed by atoms with E-state index in [9.17, 15) is 10.1 Å². The lowest BCUT2D eigenvalue weighted by Crippen LogP contribution is -2.36. The Labute approximate surface area is 158 Å². The average molecular weight is 365 g/mol. The summed E-state index contributed by atoms with van der Waals surface area (Å²) in [7, 11) is 0. The first kappa shape index (κ1) is 17.5. The number of nitro groups is 1. The summed E-state index contributed by atoms with van der Waals surface area (Å²) in [6.45, 7) is 2.42. The van der Waals surface area contributed by atoms with Crippen LogP contribution in [0.15, 0.2) is 42.8 Å². The van der Waals surface area contributed by atoms with Gasteiger partial charge in [-0.1, -0.05) is 24.3 Å². The van der Waals surface area contributed by atoms with Crippen molar-refractivity contribution in [1.29, 1.82) is 0 Å². The van der Waals surface area contributed by atoms with Crippen molar-refractivity contribution in [1.82, 2.24) is 4.98 Å². The van der Waals surface area contributed by atoms with Gasteiger partial charge in [0.15, 0.2) is 0 Å². The van der Waals surface area contributed by atoms with Crippen LogP contribution in [0.3, 0.4) is 0 Å².